The highest BCUT2D eigenvalue weighted by atomic mass is 35.5. The second-order valence-electron chi connectivity index (χ2n) is 5.97. The predicted octanol–water partition coefficient (Wildman–Crippen LogP) is 5.31. The van der Waals surface area contributed by atoms with Crippen LogP contribution in [0.1, 0.15) is 15.9 Å². The monoisotopic (exact) mass is 428 g/mol. The minimum atomic E-state index is -0.608. The second kappa shape index (κ2) is 9.01. The molecule has 3 aromatic rings. The van der Waals surface area contributed by atoms with E-state index in [4.69, 9.17) is 21.1 Å². The SMILES string of the molecule is O=C(OCc1ccc([N+](=O)[O-])cc1)c1ccc(Oc2c(Cl)cccc2[N+](=O)[O-])cc1. The number of nitro groups is 2. The molecule has 0 atom stereocenters. The van der Waals surface area contributed by atoms with Gasteiger partial charge in [-0.25, -0.2) is 4.79 Å². The lowest BCUT2D eigenvalue weighted by Gasteiger charge is -2.09. The molecule has 0 spiro atoms. The fourth-order valence-electron chi connectivity index (χ4n) is 2.47. The van der Waals surface area contributed by atoms with Crippen molar-refractivity contribution >= 4 is 28.9 Å². The van der Waals surface area contributed by atoms with Crippen LogP contribution in [-0.2, 0) is 11.3 Å². The normalized spacial score (nSPS) is 10.3. The molecule has 9 nitrogen and oxygen atoms in total. The molecule has 0 N–H and O–H groups in total. The number of rotatable bonds is 7. The van der Waals surface area contributed by atoms with Gasteiger partial charge in [-0.1, -0.05) is 17.7 Å². The highest BCUT2D eigenvalue weighted by Gasteiger charge is 2.19. The van der Waals surface area contributed by atoms with Crippen LogP contribution >= 0.6 is 11.6 Å². The maximum absolute atomic E-state index is 12.2. The van der Waals surface area contributed by atoms with E-state index in [1.54, 1.807) is 0 Å². The lowest BCUT2D eigenvalue weighted by molar-refractivity contribution is -0.385. The fourth-order valence-corrected chi connectivity index (χ4v) is 2.67. The van der Waals surface area contributed by atoms with Crippen molar-refractivity contribution in [3.05, 3.63) is 103 Å². The molecule has 0 bridgehead atoms. The Morgan fingerprint density at radius 2 is 1.57 bits per heavy atom. The van der Waals surface area contributed by atoms with Crippen molar-refractivity contribution in [3.8, 4) is 11.5 Å². The summed E-state index contributed by atoms with van der Waals surface area (Å²) in [4.78, 5) is 32.8. The average molecular weight is 429 g/mol. The summed E-state index contributed by atoms with van der Waals surface area (Å²) < 4.78 is 10.7. The molecule has 0 fully saturated rings. The molecule has 152 valence electrons. The third kappa shape index (κ3) is 4.89. The predicted molar refractivity (Wildman–Crippen MR) is 107 cm³/mol. The van der Waals surface area contributed by atoms with Gasteiger partial charge < -0.3 is 9.47 Å². The van der Waals surface area contributed by atoms with Crippen LogP contribution in [0.4, 0.5) is 11.4 Å². The lowest BCUT2D eigenvalue weighted by Crippen LogP contribution is -2.05. The first-order valence-electron chi connectivity index (χ1n) is 8.46. The quantitative estimate of drug-likeness (QED) is 0.284. The molecular formula is C20H13ClN2O7. The van der Waals surface area contributed by atoms with Crippen LogP contribution in [0, 0.1) is 20.2 Å². The van der Waals surface area contributed by atoms with E-state index >= 15 is 0 Å². The minimum Gasteiger partial charge on any atom is -0.457 e. The molecule has 3 aromatic carbocycles. The Hall–Kier alpha value is -3.98. The van der Waals surface area contributed by atoms with E-state index in [1.807, 2.05) is 0 Å². The van der Waals surface area contributed by atoms with Crippen LogP contribution in [0.3, 0.4) is 0 Å². The van der Waals surface area contributed by atoms with Gasteiger partial charge in [0.25, 0.3) is 5.69 Å². The van der Waals surface area contributed by atoms with Crippen LogP contribution in [0.2, 0.25) is 5.02 Å². The Morgan fingerprint density at radius 1 is 0.900 bits per heavy atom. The molecule has 3 rings (SSSR count). The van der Waals surface area contributed by atoms with E-state index in [2.05, 4.69) is 0 Å². The smallest absolute Gasteiger partial charge is 0.338 e. The molecule has 0 radical (unpaired) electrons. The van der Waals surface area contributed by atoms with Crippen molar-refractivity contribution < 1.29 is 24.1 Å². The number of esters is 1. The maximum Gasteiger partial charge on any atom is 0.338 e. The van der Waals surface area contributed by atoms with Gasteiger partial charge in [-0.05, 0) is 48.0 Å². The number of hydrogen-bond acceptors (Lipinski definition) is 7. The summed E-state index contributed by atoms with van der Waals surface area (Å²) in [5.74, 6) is -0.459. The summed E-state index contributed by atoms with van der Waals surface area (Å²) in [6.45, 7) is -0.0547. The van der Waals surface area contributed by atoms with Gasteiger partial charge in [0.05, 0.1) is 20.4 Å². The molecule has 0 heterocycles. The molecule has 30 heavy (non-hydrogen) atoms. The molecule has 10 heteroatoms. The van der Waals surface area contributed by atoms with Crippen LogP contribution in [0.5, 0.6) is 11.5 Å². The van der Waals surface area contributed by atoms with Gasteiger partial charge in [-0.3, -0.25) is 20.2 Å². The zero-order chi connectivity index (χ0) is 21.7. The van der Waals surface area contributed by atoms with Crippen LogP contribution in [0.25, 0.3) is 0 Å². The first kappa shape index (κ1) is 20.7. The topological polar surface area (TPSA) is 122 Å². The molecule has 0 saturated carbocycles. The zero-order valence-electron chi connectivity index (χ0n) is 15.2. The van der Waals surface area contributed by atoms with Gasteiger partial charge in [-0.2, -0.15) is 0 Å². The zero-order valence-corrected chi connectivity index (χ0v) is 15.9. The third-order valence-electron chi connectivity index (χ3n) is 3.97. The molecule has 0 unspecified atom stereocenters. The highest BCUT2D eigenvalue weighted by Crippen LogP contribution is 2.37. The molecule has 0 aliphatic carbocycles. The number of halogens is 1. The Bertz CT molecular complexity index is 1100. The van der Waals surface area contributed by atoms with Crippen LogP contribution in [-0.4, -0.2) is 15.8 Å². The number of non-ortho nitro benzene ring substituents is 1. The number of nitrogens with zero attached hydrogens (tertiary/aromatic N) is 2. The number of para-hydroxylation sites is 1. The summed E-state index contributed by atoms with van der Waals surface area (Å²) in [5.41, 5.74) is 0.492. The van der Waals surface area contributed by atoms with E-state index in [9.17, 15) is 25.0 Å². The largest absolute Gasteiger partial charge is 0.457 e. The third-order valence-corrected chi connectivity index (χ3v) is 4.27. The number of nitro benzene ring substituents is 2. The number of carbonyl (C=O) groups excluding carboxylic acids is 1. The number of benzene rings is 3. The van der Waals surface area contributed by atoms with Crippen LogP contribution in [0.15, 0.2) is 66.7 Å². The van der Waals surface area contributed by atoms with E-state index in [1.165, 1.54) is 66.7 Å². The standard InChI is InChI=1S/C20H13ClN2O7/c21-17-2-1-3-18(23(27)28)19(17)30-16-10-6-14(7-11-16)20(24)29-12-13-4-8-15(9-5-13)22(25)26/h1-11H,12H2. The summed E-state index contributed by atoms with van der Waals surface area (Å²) in [7, 11) is 0. The Kier molecular flexibility index (Phi) is 6.23. The van der Waals surface area contributed by atoms with Crippen molar-refractivity contribution in [2.75, 3.05) is 0 Å². The van der Waals surface area contributed by atoms with E-state index in [0.717, 1.165) is 0 Å². The van der Waals surface area contributed by atoms with E-state index in [0.29, 0.717) is 5.56 Å². The highest BCUT2D eigenvalue weighted by molar-refractivity contribution is 6.32. The van der Waals surface area contributed by atoms with E-state index in [-0.39, 0.29) is 40.1 Å². The Labute approximate surface area is 174 Å². The van der Waals surface area contributed by atoms with Crippen LogP contribution < -0.4 is 4.74 Å². The van der Waals surface area contributed by atoms with Gasteiger partial charge in [-0.15, -0.1) is 0 Å². The summed E-state index contributed by atoms with van der Waals surface area (Å²) in [6.07, 6.45) is 0. The van der Waals surface area contributed by atoms with Crippen molar-refractivity contribution in [3.63, 3.8) is 0 Å². The van der Waals surface area contributed by atoms with Gasteiger partial charge >= 0.3 is 11.7 Å². The molecular weight excluding hydrogens is 416 g/mol. The van der Waals surface area contributed by atoms with Gasteiger partial charge in [0.2, 0.25) is 5.75 Å². The van der Waals surface area contributed by atoms with Crippen molar-refractivity contribution in [1.29, 1.82) is 0 Å². The molecule has 0 amide bonds. The Morgan fingerprint density at radius 3 is 2.17 bits per heavy atom. The number of carbonyl (C=O) groups is 1. The van der Waals surface area contributed by atoms with Crippen molar-refractivity contribution in [1.82, 2.24) is 0 Å². The minimum absolute atomic E-state index is 0.0547. The summed E-state index contributed by atoms with van der Waals surface area (Å²) in [6, 6.07) is 15.6. The van der Waals surface area contributed by atoms with Crippen molar-refractivity contribution in [2.24, 2.45) is 0 Å². The molecule has 0 saturated heterocycles. The van der Waals surface area contributed by atoms with E-state index < -0.39 is 15.8 Å². The summed E-state index contributed by atoms with van der Waals surface area (Å²) in [5, 5.41) is 21.8. The molecule has 0 aliphatic rings. The first-order valence-corrected chi connectivity index (χ1v) is 8.84. The molecule has 0 aromatic heterocycles. The first-order chi connectivity index (χ1) is 14.3. The van der Waals surface area contributed by atoms with Crippen molar-refractivity contribution in [2.45, 2.75) is 6.61 Å². The van der Waals surface area contributed by atoms with Gasteiger partial charge in [0.1, 0.15) is 12.4 Å². The fraction of sp³-hybridized carbons (Fsp3) is 0.0500. The number of hydrogen-bond donors (Lipinski definition) is 0. The summed E-state index contributed by atoms with van der Waals surface area (Å²) >= 11 is 5.99. The lowest BCUT2D eigenvalue weighted by atomic mass is 10.2. The second-order valence-corrected chi connectivity index (χ2v) is 6.38. The Balaban J connectivity index is 1.65. The average Bonchev–Trinajstić information content (AvgIpc) is 2.74. The van der Waals surface area contributed by atoms with Gasteiger partial charge in [0, 0.05) is 18.2 Å². The maximum atomic E-state index is 12.2. The molecule has 0 aliphatic heterocycles. The number of ether oxygens (including phenoxy) is 2. The van der Waals surface area contributed by atoms with Gasteiger partial charge in [0.15, 0.2) is 0 Å².